The Kier molecular flexibility index (Phi) is 7.92. The van der Waals surface area contributed by atoms with Crippen LogP contribution in [0.2, 0.25) is 0 Å². The third-order valence-corrected chi connectivity index (χ3v) is 7.50. The van der Waals surface area contributed by atoms with Crippen LogP contribution in [0.25, 0.3) is 0 Å². The van der Waals surface area contributed by atoms with Crippen molar-refractivity contribution in [2.24, 2.45) is 5.92 Å². The molecule has 0 spiro atoms. The van der Waals surface area contributed by atoms with E-state index in [-0.39, 0.29) is 23.3 Å². The molecule has 2 aromatic carbocycles. The van der Waals surface area contributed by atoms with Crippen molar-refractivity contribution in [3.8, 4) is 5.75 Å². The third kappa shape index (κ3) is 5.98. The van der Waals surface area contributed by atoms with Crippen LogP contribution in [0.3, 0.4) is 0 Å². The summed E-state index contributed by atoms with van der Waals surface area (Å²) in [5.74, 6) is 0.207. The van der Waals surface area contributed by atoms with Crippen molar-refractivity contribution in [3.63, 3.8) is 0 Å². The summed E-state index contributed by atoms with van der Waals surface area (Å²) in [7, 11) is -0.0627. The van der Waals surface area contributed by atoms with Gasteiger partial charge in [-0.25, -0.2) is 8.42 Å². The maximum Gasteiger partial charge on any atom is 0.243 e. The van der Waals surface area contributed by atoms with E-state index in [9.17, 15) is 13.2 Å². The number of benzene rings is 2. The van der Waals surface area contributed by atoms with Crippen LogP contribution in [-0.2, 0) is 14.8 Å². The van der Waals surface area contributed by atoms with Gasteiger partial charge in [0.15, 0.2) is 0 Å². The molecule has 1 fully saturated rings. The Balaban J connectivity index is 1.49. The fourth-order valence-corrected chi connectivity index (χ4v) is 5.28. The molecule has 0 aliphatic carbocycles. The van der Waals surface area contributed by atoms with Crippen LogP contribution in [0.15, 0.2) is 59.5 Å². The van der Waals surface area contributed by atoms with Gasteiger partial charge < -0.3 is 15.0 Å². The first-order valence-corrected chi connectivity index (χ1v) is 12.0. The number of anilines is 1. The van der Waals surface area contributed by atoms with E-state index in [1.54, 1.807) is 24.3 Å². The van der Waals surface area contributed by atoms with Gasteiger partial charge in [0.2, 0.25) is 15.9 Å². The number of hydrogen-bond donors (Lipinski definition) is 1. The van der Waals surface area contributed by atoms with Crippen LogP contribution in [0.4, 0.5) is 5.69 Å². The highest BCUT2D eigenvalue weighted by Crippen LogP contribution is 2.25. The Hall–Kier alpha value is -2.58. The van der Waals surface area contributed by atoms with Crippen LogP contribution in [0, 0.1) is 5.92 Å². The molecule has 7 nitrogen and oxygen atoms in total. The van der Waals surface area contributed by atoms with E-state index in [2.05, 4.69) is 22.3 Å². The number of rotatable bonds is 9. The minimum absolute atomic E-state index is 0.0722. The molecule has 1 amide bonds. The number of piperidine rings is 1. The molecule has 1 saturated heterocycles. The van der Waals surface area contributed by atoms with Gasteiger partial charge in [0.1, 0.15) is 5.75 Å². The average molecular weight is 446 g/mol. The molecule has 1 aliphatic rings. The topological polar surface area (TPSA) is 79.0 Å². The number of nitrogens with one attached hydrogen (secondary N) is 1. The molecular formula is C23H31N3O4S. The van der Waals surface area contributed by atoms with Crippen LogP contribution in [0.1, 0.15) is 19.3 Å². The Bertz CT molecular complexity index is 949. The zero-order chi connectivity index (χ0) is 22.3. The first kappa shape index (κ1) is 23.1. The molecule has 8 heteroatoms. The quantitative estimate of drug-likeness (QED) is 0.601. The van der Waals surface area contributed by atoms with Crippen LogP contribution >= 0.6 is 0 Å². The Morgan fingerprint density at radius 1 is 1.16 bits per heavy atom. The Labute approximate surface area is 185 Å². The summed E-state index contributed by atoms with van der Waals surface area (Å²) >= 11 is 0. The van der Waals surface area contributed by atoms with E-state index in [0.717, 1.165) is 18.7 Å². The highest BCUT2D eigenvalue weighted by molar-refractivity contribution is 7.89. The molecule has 1 heterocycles. The summed E-state index contributed by atoms with van der Waals surface area (Å²) in [6.07, 6.45) is 2.19. The highest BCUT2D eigenvalue weighted by Gasteiger charge is 2.33. The number of ether oxygens (including phenoxy) is 1. The van der Waals surface area contributed by atoms with Crippen molar-refractivity contribution in [2.75, 3.05) is 45.2 Å². The van der Waals surface area contributed by atoms with Crippen molar-refractivity contribution < 1.29 is 17.9 Å². The van der Waals surface area contributed by atoms with E-state index in [1.807, 2.05) is 25.2 Å². The minimum atomic E-state index is -3.63. The maximum atomic E-state index is 13.0. The number of hydrogen-bond acceptors (Lipinski definition) is 5. The zero-order valence-electron chi connectivity index (χ0n) is 18.2. The fraction of sp³-hybridized carbons (Fsp3) is 0.435. The lowest BCUT2D eigenvalue weighted by Gasteiger charge is -2.31. The van der Waals surface area contributed by atoms with Gasteiger partial charge >= 0.3 is 0 Å². The minimum Gasteiger partial charge on any atom is -0.497 e. The average Bonchev–Trinajstić information content (AvgIpc) is 2.82. The summed E-state index contributed by atoms with van der Waals surface area (Å²) in [6, 6.07) is 16.4. The molecule has 3 rings (SSSR count). The smallest absolute Gasteiger partial charge is 0.243 e. The van der Waals surface area contributed by atoms with Gasteiger partial charge in [-0.15, -0.1) is 0 Å². The molecule has 31 heavy (non-hydrogen) atoms. The fourth-order valence-electron chi connectivity index (χ4n) is 3.76. The van der Waals surface area contributed by atoms with Crippen molar-refractivity contribution in [3.05, 3.63) is 54.6 Å². The standard InChI is InChI=1S/C23H31N3O4S/c1-25(20-9-4-3-5-10-20)16-7-15-24-23(27)19-8-6-17-26(18-19)31(28,29)22-13-11-21(30-2)12-14-22/h3-5,9-14,19H,6-8,15-18H2,1-2H3,(H,24,27)/t19-/m0/s1. The Morgan fingerprint density at radius 2 is 1.87 bits per heavy atom. The number of sulfonamides is 1. The van der Waals surface area contributed by atoms with Crippen molar-refractivity contribution >= 4 is 21.6 Å². The maximum absolute atomic E-state index is 13.0. The lowest BCUT2D eigenvalue weighted by atomic mass is 9.99. The lowest BCUT2D eigenvalue weighted by molar-refractivity contribution is -0.126. The van der Waals surface area contributed by atoms with Crippen LogP contribution < -0.4 is 15.0 Å². The normalized spacial score (nSPS) is 17.2. The third-order valence-electron chi connectivity index (χ3n) is 5.62. The van der Waals surface area contributed by atoms with Gasteiger partial charge in [-0.1, -0.05) is 18.2 Å². The summed E-state index contributed by atoms with van der Waals surface area (Å²) in [4.78, 5) is 15.0. The number of amides is 1. The molecule has 0 unspecified atom stereocenters. The molecule has 0 aromatic heterocycles. The van der Waals surface area contributed by atoms with E-state index in [0.29, 0.717) is 31.7 Å². The second-order valence-corrected chi connectivity index (χ2v) is 9.72. The highest BCUT2D eigenvalue weighted by atomic mass is 32.2. The van der Waals surface area contributed by atoms with Gasteiger partial charge in [-0.05, 0) is 55.7 Å². The molecule has 1 atom stereocenters. The number of para-hydroxylation sites is 1. The second kappa shape index (κ2) is 10.6. The van der Waals surface area contributed by atoms with Gasteiger partial charge in [-0.2, -0.15) is 4.31 Å². The largest absolute Gasteiger partial charge is 0.497 e. The monoisotopic (exact) mass is 445 g/mol. The zero-order valence-corrected chi connectivity index (χ0v) is 19.0. The second-order valence-electron chi connectivity index (χ2n) is 7.78. The molecule has 0 saturated carbocycles. The summed E-state index contributed by atoms with van der Waals surface area (Å²) in [5, 5.41) is 2.98. The van der Waals surface area contributed by atoms with Gasteiger partial charge in [-0.3, -0.25) is 4.79 Å². The van der Waals surface area contributed by atoms with E-state index >= 15 is 0 Å². The van der Waals surface area contributed by atoms with E-state index in [4.69, 9.17) is 4.74 Å². The van der Waals surface area contributed by atoms with E-state index in [1.165, 1.54) is 11.4 Å². The SMILES string of the molecule is COc1ccc(S(=O)(=O)N2CCC[C@H](C(=O)NCCCN(C)c3ccccc3)C2)cc1. The molecule has 1 N–H and O–H groups in total. The first-order valence-electron chi connectivity index (χ1n) is 10.6. The number of methoxy groups -OCH3 is 1. The molecule has 2 aromatic rings. The molecule has 1 aliphatic heterocycles. The Morgan fingerprint density at radius 3 is 2.55 bits per heavy atom. The van der Waals surface area contributed by atoms with Crippen LogP contribution in [0.5, 0.6) is 5.75 Å². The van der Waals surface area contributed by atoms with Gasteiger partial charge in [0, 0.05) is 38.9 Å². The molecular weight excluding hydrogens is 414 g/mol. The summed E-state index contributed by atoms with van der Waals surface area (Å²) in [6.45, 7) is 2.04. The molecule has 168 valence electrons. The number of nitrogens with zero attached hydrogens (tertiary/aromatic N) is 2. The predicted molar refractivity (Wildman–Crippen MR) is 122 cm³/mol. The van der Waals surface area contributed by atoms with Crippen molar-refractivity contribution in [1.82, 2.24) is 9.62 Å². The van der Waals surface area contributed by atoms with Gasteiger partial charge in [0.05, 0.1) is 17.9 Å². The van der Waals surface area contributed by atoms with E-state index < -0.39 is 10.0 Å². The number of carbonyl (C=O) groups excluding carboxylic acids is 1. The van der Waals surface area contributed by atoms with Crippen molar-refractivity contribution in [2.45, 2.75) is 24.2 Å². The molecule has 0 bridgehead atoms. The van der Waals surface area contributed by atoms with Gasteiger partial charge in [0.25, 0.3) is 0 Å². The van der Waals surface area contributed by atoms with Crippen LogP contribution in [-0.4, -0.2) is 59.0 Å². The summed E-state index contributed by atoms with van der Waals surface area (Å²) in [5.41, 5.74) is 1.14. The summed E-state index contributed by atoms with van der Waals surface area (Å²) < 4.78 is 32.5. The van der Waals surface area contributed by atoms with Crippen molar-refractivity contribution in [1.29, 1.82) is 0 Å². The number of carbonyl (C=O) groups is 1. The first-order chi connectivity index (χ1) is 14.9. The predicted octanol–water partition coefficient (Wildman–Crippen LogP) is 2.74. The lowest BCUT2D eigenvalue weighted by Crippen LogP contribution is -2.45. The molecule has 0 radical (unpaired) electrons.